The fourth-order valence-corrected chi connectivity index (χ4v) is 1.79. The first-order valence-corrected chi connectivity index (χ1v) is 6.17. The van der Waals surface area contributed by atoms with Gasteiger partial charge in [0.2, 0.25) is 5.82 Å². The first kappa shape index (κ1) is 12.7. The zero-order valence-electron chi connectivity index (χ0n) is 10.8. The number of anilines is 1. The molecule has 0 saturated heterocycles. The number of nitriles is 1. The van der Waals surface area contributed by atoms with Gasteiger partial charge in [-0.3, -0.25) is 4.79 Å². The van der Waals surface area contributed by atoms with E-state index in [9.17, 15) is 4.79 Å². The molecule has 0 saturated carbocycles. The first-order chi connectivity index (χ1) is 10.3. The van der Waals surface area contributed by atoms with Gasteiger partial charge in [0.1, 0.15) is 5.52 Å². The second kappa shape index (κ2) is 5.35. The summed E-state index contributed by atoms with van der Waals surface area (Å²) in [6.45, 7) is 0. The molecular weight excluding hydrogens is 266 g/mol. The van der Waals surface area contributed by atoms with Crippen LogP contribution in [0.25, 0.3) is 11.0 Å². The summed E-state index contributed by atoms with van der Waals surface area (Å²) in [5, 5.41) is 19.2. The zero-order valence-corrected chi connectivity index (χ0v) is 10.8. The van der Waals surface area contributed by atoms with Gasteiger partial charge >= 0.3 is 0 Å². The van der Waals surface area contributed by atoms with Gasteiger partial charge in [0.05, 0.1) is 17.1 Å². The highest BCUT2D eigenvalue weighted by Crippen LogP contribution is 2.11. The van der Waals surface area contributed by atoms with E-state index in [4.69, 9.17) is 5.26 Å². The van der Waals surface area contributed by atoms with Gasteiger partial charge in [-0.05, 0) is 36.4 Å². The molecule has 0 spiro atoms. The van der Waals surface area contributed by atoms with Crippen LogP contribution in [-0.2, 0) is 0 Å². The molecule has 0 radical (unpaired) electrons. The van der Waals surface area contributed by atoms with Crippen LogP contribution in [0.1, 0.15) is 16.2 Å². The van der Waals surface area contributed by atoms with Crippen molar-refractivity contribution in [2.24, 2.45) is 0 Å². The Balaban J connectivity index is 1.84. The van der Waals surface area contributed by atoms with Crippen molar-refractivity contribution in [1.82, 2.24) is 15.2 Å². The van der Waals surface area contributed by atoms with Crippen molar-refractivity contribution in [2.45, 2.75) is 0 Å². The summed E-state index contributed by atoms with van der Waals surface area (Å²) in [6, 6.07) is 15.7. The van der Waals surface area contributed by atoms with Crippen LogP contribution in [0, 0.1) is 11.3 Å². The smallest absolute Gasteiger partial charge is 0.295 e. The van der Waals surface area contributed by atoms with E-state index in [-0.39, 0.29) is 5.82 Å². The highest BCUT2D eigenvalue weighted by atomic mass is 16.2. The van der Waals surface area contributed by atoms with Gasteiger partial charge in [-0.25, -0.2) is 4.98 Å². The van der Waals surface area contributed by atoms with E-state index in [1.165, 1.54) is 0 Å². The second-order valence-electron chi connectivity index (χ2n) is 4.27. The second-order valence-corrected chi connectivity index (χ2v) is 4.27. The lowest BCUT2D eigenvalue weighted by Crippen LogP contribution is -2.16. The first-order valence-electron chi connectivity index (χ1n) is 6.17. The normalized spacial score (nSPS) is 10.0. The summed E-state index contributed by atoms with van der Waals surface area (Å²) in [7, 11) is 0. The molecule has 0 atom stereocenters. The van der Waals surface area contributed by atoms with Crippen molar-refractivity contribution in [2.75, 3.05) is 5.32 Å². The maximum atomic E-state index is 12.1. The lowest BCUT2D eigenvalue weighted by molar-refractivity contribution is 0.101. The minimum atomic E-state index is -0.446. The number of para-hydroxylation sites is 1. The van der Waals surface area contributed by atoms with E-state index >= 15 is 0 Å². The van der Waals surface area contributed by atoms with Crippen LogP contribution in [-0.4, -0.2) is 21.1 Å². The maximum Gasteiger partial charge on any atom is 0.295 e. The summed E-state index contributed by atoms with van der Waals surface area (Å²) < 4.78 is 0. The number of amides is 1. The van der Waals surface area contributed by atoms with Crippen LogP contribution in [0.5, 0.6) is 0 Å². The third-order valence-corrected chi connectivity index (χ3v) is 2.84. The molecule has 2 aromatic carbocycles. The van der Waals surface area contributed by atoms with Crippen molar-refractivity contribution in [3.63, 3.8) is 0 Å². The number of hydrogen-bond acceptors (Lipinski definition) is 5. The van der Waals surface area contributed by atoms with Crippen LogP contribution in [0.4, 0.5) is 5.69 Å². The molecular formula is C15H9N5O. The van der Waals surface area contributed by atoms with Crippen molar-refractivity contribution in [3.8, 4) is 6.07 Å². The molecule has 0 bridgehead atoms. The molecule has 3 rings (SSSR count). The third kappa shape index (κ3) is 2.67. The Hall–Kier alpha value is -3.33. The molecule has 0 aliphatic heterocycles. The summed E-state index contributed by atoms with van der Waals surface area (Å²) in [5.74, 6) is -0.448. The fraction of sp³-hybridized carbons (Fsp3) is 0. The Labute approximate surface area is 120 Å². The average Bonchev–Trinajstić information content (AvgIpc) is 2.55. The number of carbonyl (C=O) groups excluding carboxylic acids is 1. The van der Waals surface area contributed by atoms with E-state index in [0.717, 1.165) is 0 Å². The number of carbonyl (C=O) groups is 1. The maximum absolute atomic E-state index is 12.1. The minimum absolute atomic E-state index is 0.00180. The van der Waals surface area contributed by atoms with Gasteiger partial charge in [-0.2, -0.15) is 5.26 Å². The van der Waals surface area contributed by atoms with Crippen molar-refractivity contribution >= 4 is 22.6 Å². The topological polar surface area (TPSA) is 91.6 Å². The minimum Gasteiger partial charge on any atom is -0.319 e. The Bertz CT molecular complexity index is 852. The van der Waals surface area contributed by atoms with Crippen LogP contribution < -0.4 is 5.32 Å². The quantitative estimate of drug-likeness (QED) is 0.773. The van der Waals surface area contributed by atoms with E-state index < -0.39 is 5.91 Å². The predicted molar refractivity (Wildman–Crippen MR) is 76.4 cm³/mol. The summed E-state index contributed by atoms with van der Waals surface area (Å²) in [5.41, 5.74) is 2.33. The Morgan fingerprint density at radius 1 is 1.00 bits per heavy atom. The van der Waals surface area contributed by atoms with Gasteiger partial charge in [-0.1, -0.05) is 12.1 Å². The number of hydrogen-bond donors (Lipinski definition) is 1. The lowest BCUT2D eigenvalue weighted by Gasteiger charge is -2.04. The van der Waals surface area contributed by atoms with Crippen LogP contribution >= 0.6 is 0 Å². The van der Waals surface area contributed by atoms with Crippen LogP contribution in [0.3, 0.4) is 0 Å². The third-order valence-electron chi connectivity index (χ3n) is 2.84. The molecule has 0 aliphatic rings. The molecule has 0 unspecified atom stereocenters. The Kier molecular flexibility index (Phi) is 3.23. The van der Waals surface area contributed by atoms with E-state index in [2.05, 4.69) is 20.5 Å². The molecule has 1 aromatic heterocycles. The molecule has 1 N–H and O–H groups in total. The summed E-state index contributed by atoms with van der Waals surface area (Å²) in [6.07, 6.45) is 0. The molecule has 6 nitrogen and oxygen atoms in total. The number of nitrogens with zero attached hydrogens (tertiary/aromatic N) is 4. The predicted octanol–water partition coefficient (Wildman–Crippen LogP) is 2.15. The molecule has 21 heavy (non-hydrogen) atoms. The fourth-order valence-electron chi connectivity index (χ4n) is 1.79. The Morgan fingerprint density at radius 2 is 1.71 bits per heavy atom. The van der Waals surface area contributed by atoms with Gasteiger partial charge in [-0.15, -0.1) is 10.2 Å². The number of rotatable bonds is 2. The number of aromatic nitrogens is 3. The molecule has 100 valence electrons. The SMILES string of the molecule is N#Cc1ccc(NC(=O)c2nnc3ccccc3n2)cc1. The van der Waals surface area contributed by atoms with Gasteiger partial charge in [0.15, 0.2) is 0 Å². The number of nitrogens with one attached hydrogen (secondary N) is 1. The van der Waals surface area contributed by atoms with E-state index in [1.54, 1.807) is 36.4 Å². The molecule has 0 fully saturated rings. The summed E-state index contributed by atoms with van der Waals surface area (Å²) >= 11 is 0. The highest BCUT2D eigenvalue weighted by molar-refractivity contribution is 6.02. The molecule has 6 heteroatoms. The van der Waals surface area contributed by atoms with Gasteiger partial charge in [0.25, 0.3) is 5.91 Å². The number of fused-ring (bicyclic) bond motifs is 1. The monoisotopic (exact) mass is 275 g/mol. The van der Waals surface area contributed by atoms with E-state index in [0.29, 0.717) is 22.3 Å². The van der Waals surface area contributed by atoms with Crippen LogP contribution in [0.2, 0.25) is 0 Å². The standard InChI is InChI=1S/C15H9N5O/c16-9-10-5-7-11(8-6-10)17-15(21)14-18-12-3-1-2-4-13(12)19-20-14/h1-8H,(H,17,21). The largest absolute Gasteiger partial charge is 0.319 e. The average molecular weight is 275 g/mol. The Morgan fingerprint density at radius 3 is 2.43 bits per heavy atom. The lowest BCUT2D eigenvalue weighted by atomic mass is 10.2. The van der Waals surface area contributed by atoms with Gasteiger partial charge in [0, 0.05) is 5.69 Å². The van der Waals surface area contributed by atoms with Gasteiger partial charge < -0.3 is 5.32 Å². The molecule has 3 aromatic rings. The highest BCUT2D eigenvalue weighted by Gasteiger charge is 2.11. The number of benzene rings is 2. The molecule has 1 heterocycles. The summed E-state index contributed by atoms with van der Waals surface area (Å²) in [4.78, 5) is 16.2. The van der Waals surface area contributed by atoms with Crippen molar-refractivity contribution in [3.05, 3.63) is 59.9 Å². The van der Waals surface area contributed by atoms with Crippen molar-refractivity contribution in [1.29, 1.82) is 5.26 Å². The molecule has 0 aliphatic carbocycles. The zero-order chi connectivity index (χ0) is 14.7. The van der Waals surface area contributed by atoms with Crippen LogP contribution in [0.15, 0.2) is 48.5 Å². The van der Waals surface area contributed by atoms with Crippen molar-refractivity contribution < 1.29 is 4.79 Å². The molecule has 1 amide bonds. The van der Waals surface area contributed by atoms with E-state index in [1.807, 2.05) is 18.2 Å².